The van der Waals surface area contributed by atoms with Crippen molar-refractivity contribution < 1.29 is 23.1 Å². The lowest BCUT2D eigenvalue weighted by Gasteiger charge is -2.16. The molecule has 0 aromatic heterocycles. The summed E-state index contributed by atoms with van der Waals surface area (Å²) in [6.07, 6.45) is 1.25. The molecule has 0 heterocycles. The van der Waals surface area contributed by atoms with Gasteiger partial charge in [0, 0.05) is 6.26 Å². The highest BCUT2D eigenvalue weighted by Gasteiger charge is 2.22. The van der Waals surface area contributed by atoms with E-state index in [2.05, 4.69) is 5.32 Å². The highest BCUT2D eigenvalue weighted by Crippen LogP contribution is 1.97. The van der Waals surface area contributed by atoms with Gasteiger partial charge in [-0.15, -0.1) is 0 Å². The molecule has 0 aliphatic carbocycles. The molecule has 0 fully saturated rings. The number of aliphatic carboxylic acids is 1. The van der Waals surface area contributed by atoms with Crippen LogP contribution in [0.4, 0.5) is 0 Å². The molecule has 0 aliphatic rings. The van der Waals surface area contributed by atoms with Gasteiger partial charge >= 0.3 is 5.97 Å². The van der Waals surface area contributed by atoms with E-state index in [1.165, 1.54) is 0 Å². The Balaban J connectivity index is 4.27. The van der Waals surface area contributed by atoms with Crippen molar-refractivity contribution in [2.75, 3.05) is 12.0 Å². The minimum atomic E-state index is -3.18. The van der Waals surface area contributed by atoms with Crippen LogP contribution in [0.25, 0.3) is 0 Å². The zero-order valence-corrected chi connectivity index (χ0v) is 10.7. The van der Waals surface area contributed by atoms with Crippen LogP contribution in [-0.4, -0.2) is 49.5 Å². The van der Waals surface area contributed by atoms with E-state index < -0.39 is 33.8 Å². The molecule has 0 saturated carbocycles. The normalized spacial score (nSPS) is 15.0. The van der Waals surface area contributed by atoms with Gasteiger partial charge in [-0.3, -0.25) is 4.79 Å². The summed E-state index contributed by atoms with van der Waals surface area (Å²) in [6, 6.07) is -2.01. The molecule has 7 nitrogen and oxygen atoms in total. The van der Waals surface area contributed by atoms with E-state index in [1.54, 1.807) is 6.92 Å². The number of carboxylic acids is 1. The summed E-state index contributed by atoms with van der Waals surface area (Å²) in [7, 11) is -3.18. The van der Waals surface area contributed by atoms with Crippen molar-refractivity contribution in [1.82, 2.24) is 5.32 Å². The average molecular weight is 266 g/mol. The Kier molecular flexibility index (Phi) is 6.11. The number of amides is 1. The summed E-state index contributed by atoms with van der Waals surface area (Å²) in [5.41, 5.74) is 5.46. The Hall–Kier alpha value is -1.15. The smallest absolute Gasteiger partial charge is 0.326 e. The Morgan fingerprint density at radius 2 is 1.94 bits per heavy atom. The van der Waals surface area contributed by atoms with Crippen LogP contribution in [0.3, 0.4) is 0 Å². The van der Waals surface area contributed by atoms with Gasteiger partial charge in [0.15, 0.2) is 0 Å². The van der Waals surface area contributed by atoms with Gasteiger partial charge in [0.25, 0.3) is 0 Å². The Bertz CT molecular complexity index is 379. The number of hydrogen-bond acceptors (Lipinski definition) is 5. The fourth-order valence-electron chi connectivity index (χ4n) is 1.09. The van der Waals surface area contributed by atoms with E-state index in [1.807, 2.05) is 0 Å². The monoisotopic (exact) mass is 266 g/mol. The summed E-state index contributed by atoms with van der Waals surface area (Å²) in [5.74, 6) is -2.00. The number of nitrogens with one attached hydrogen (secondary N) is 1. The van der Waals surface area contributed by atoms with Crippen LogP contribution in [0.5, 0.6) is 0 Å². The number of carbonyl (C=O) groups excluding carboxylic acids is 1. The fraction of sp³-hybridized carbons (Fsp3) is 0.778. The van der Waals surface area contributed by atoms with E-state index in [0.717, 1.165) is 6.26 Å². The summed E-state index contributed by atoms with van der Waals surface area (Å²) < 4.78 is 21.7. The maximum absolute atomic E-state index is 11.4. The maximum atomic E-state index is 11.4. The maximum Gasteiger partial charge on any atom is 0.326 e. The van der Waals surface area contributed by atoms with Crippen LogP contribution in [0, 0.1) is 0 Å². The minimum absolute atomic E-state index is 0.0271. The lowest BCUT2D eigenvalue weighted by Crippen LogP contribution is -2.48. The third kappa shape index (κ3) is 6.90. The lowest BCUT2D eigenvalue weighted by molar-refractivity contribution is -0.142. The second-order valence-corrected chi connectivity index (χ2v) is 6.09. The van der Waals surface area contributed by atoms with Gasteiger partial charge in [-0.1, -0.05) is 6.92 Å². The number of nitrogens with two attached hydrogens (primary N) is 1. The second kappa shape index (κ2) is 6.55. The molecule has 2 atom stereocenters. The standard InChI is InChI=1S/C9H18N2O5S/c1-3-7(9(13)14)11-8(12)6(10)4-5-17(2,15)16/h6-7H,3-5,10H2,1-2H3,(H,11,12)(H,13,14)/t6?,7-/m1/s1. The Morgan fingerprint density at radius 1 is 1.41 bits per heavy atom. The van der Waals surface area contributed by atoms with Gasteiger partial charge in [-0.25, -0.2) is 13.2 Å². The summed E-state index contributed by atoms with van der Waals surface area (Å²) in [6.45, 7) is 1.61. The fourth-order valence-corrected chi connectivity index (χ4v) is 1.77. The quantitative estimate of drug-likeness (QED) is 0.527. The molecule has 17 heavy (non-hydrogen) atoms. The Labute approximate surface area is 100 Å². The van der Waals surface area contributed by atoms with Crippen LogP contribution in [-0.2, 0) is 19.4 Å². The zero-order chi connectivity index (χ0) is 13.6. The molecule has 4 N–H and O–H groups in total. The molecule has 8 heteroatoms. The molecule has 0 bridgehead atoms. The van der Waals surface area contributed by atoms with Gasteiger partial charge in [-0.2, -0.15) is 0 Å². The third-order valence-corrected chi connectivity index (χ3v) is 3.14. The minimum Gasteiger partial charge on any atom is -0.480 e. The summed E-state index contributed by atoms with van der Waals surface area (Å²) in [5, 5.41) is 11.0. The van der Waals surface area contributed by atoms with Crippen molar-refractivity contribution in [1.29, 1.82) is 0 Å². The van der Waals surface area contributed by atoms with Crippen LogP contribution < -0.4 is 11.1 Å². The van der Waals surface area contributed by atoms with E-state index in [9.17, 15) is 18.0 Å². The van der Waals surface area contributed by atoms with Crippen molar-refractivity contribution in [3.63, 3.8) is 0 Å². The number of sulfone groups is 1. The van der Waals surface area contributed by atoms with Gasteiger partial charge in [0.2, 0.25) is 5.91 Å². The molecule has 0 aromatic carbocycles. The van der Waals surface area contributed by atoms with Gasteiger partial charge in [0.1, 0.15) is 15.9 Å². The highest BCUT2D eigenvalue weighted by atomic mass is 32.2. The van der Waals surface area contributed by atoms with Crippen molar-refractivity contribution in [3.05, 3.63) is 0 Å². The summed E-state index contributed by atoms with van der Waals surface area (Å²) in [4.78, 5) is 22.1. The van der Waals surface area contributed by atoms with Gasteiger partial charge in [-0.05, 0) is 12.8 Å². The molecule has 0 aliphatic heterocycles. The zero-order valence-electron chi connectivity index (χ0n) is 9.84. The van der Waals surface area contributed by atoms with Crippen LogP contribution in [0.2, 0.25) is 0 Å². The van der Waals surface area contributed by atoms with Gasteiger partial charge in [0.05, 0.1) is 11.8 Å². The molecule has 0 saturated heterocycles. The first kappa shape index (κ1) is 15.9. The predicted molar refractivity (Wildman–Crippen MR) is 62.2 cm³/mol. The molecule has 0 aromatic rings. The molecule has 1 unspecified atom stereocenters. The summed E-state index contributed by atoms with van der Waals surface area (Å²) >= 11 is 0. The molecular formula is C9H18N2O5S. The lowest BCUT2D eigenvalue weighted by atomic mass is 10.2. The SMILES string of the molecule is CC[C@@H](NC(=O)C(N)CCS(C)(=O)=O)C(=O)O. The topological polar surface area (TPSA) is 127 Å². The van der Waals surface area contributed by atoms with Crippen LogP contribution in [0.15, 0.2) is 0 Å². The van der Waals surface area contributed by atoms with Gasteiger partial charge < -0.3 is 16.2 Å². The van der Waals surface area contributed by atoms with Crippen molar-refractivity contribution in [2.24, 2.45) is 5.73 Å². The van der Waals surface area contributed by atoms with Crippen molar-refractivity contribution in [2.45, 2.75) is 31.8 Å². The van der Waals surface area contributed by atoms with E-state index in [-0.39, 0.29) is 18.6 Å². The van der Waals surface area contributed by atoms with Crippen molar-refractivity contribution in [3.8, 4) is 0 Å². The third-order valence-electron chi connectivity index (χ3n) is 2.16. The number of carboxylic acid groups (broad SMARTS) is 1. The second-order valence-electron chi connectivity index (χ2n) is 3.83. The largest absolute Gasteiger partial charge is 0.480 e. The van der Waals surface area contributed by atoms with E-state index >= 15 is 0 Å². The van der Waals surface area contributed by atoms with Crippen LogP contribution >= 0.6 is 0 Å². The first-order valence-corrected chi connectivity index (χ1v) is 7.20. The highest BCUT2D eigenvalue weighted by molar-refractivity contribution is 7.90. The van der Waals surface area contributed by atoms with Crippen LogP contribution in [0.1, 0.15) is 19.8 Å². The molecule has 100 valence electrons. The average Bonchev–Trinajstić information content (AvgIpc) is 2.20. The van der Waals surface area contributed by atoms with Crippen molar-refractivity contribution >= 4 is 21.7 Å². The molecule has 1 amide bonds. The first-order chi connectivity index (χ1) is 7.67. The van der Waals surface area contributed by atoms with E-state index in [4.69, 9.17) is 10.8 Å². The predicted octanol–water partition coefficient (Wildman–Crippen LogP) is -1.27. The van der Waals surface area contributed by atoms with E-state index in [0.29, 0.717) is 0 Å². The number of carbonyl (C=O) groups is 2. The molecule has 0 rings (SSSR count). The number of rotatable bonds is 7. The molecular weight excluding hydrogens is 248 g/mol. The Morgan fingerprint density at radius 3 is 2.29 bits per heavy atom. The number of hydrogen-bond donors (Lipinski definition) is 3. The molecule has 0 radical (unpaired) electrons. The first-order valence-electron chi connectivity index (χ1n) is 5.14. The molecule has 0 spiro atoms.